The third-order valence-electron chi connectivity index (χ3n) is 8.25. The van der Waals surface area contributed by atoms with Crippen molar-refractivity contribution in [3.63, 3.8) is 0 Å². The van der Waals surface area contributed by atoms with Gasteiger partial charge in [0.15, 0.2) is 5.60 Å². The van der Waals surface area contributed by atoms with E-state index in [0.29, 0.717) is 28.9 Å². The average molecular weight is 519 g/mol. The number of nitrogens with one attached hydrogen (secondary N) is 1. The van der Waals surface area contributed by atoms with Gasteiger partial charge in [-0.25, -0.2) is 4.79 Å². The quantitative estimate of drug-likeness (QED) is 0.200. The monoisotopic (exact) mass is 518 g/mol. The Labute approximate surface area is 230 Å². The maximum atomic E-state index is 13.1. The van der Waals surface area contributed by atoms with Gasteiger partial charge in [0.05, 0.1) is 5.56 Å². The van der Waals surface area contributed by atoms with E-state index in [-0.39, 0.29) is 12.1 Å². The highest BCUT2D eigenvalue weighted by molar-refractivity contribution is 5.97. The SMILES string of the molecule is CCN(c1ccc2c(c1)Oc1ccccc1C21OC(=O)c2ccccc21)C(Nc1ccccc1)C(C)C(C)C. The Kier molecular flexibility index (Phi) is 6.30. The Morgan fingerprint density at radius 3 is 2.21 bits per heavy atom. The molecule has 0 bridgehead atoms. The van der Waals surface area contributed by atoms with Gasteiger partial charge in [-0.3, -0.25) is 0 Å². The third kappa shape index (κ3) is 4.04. The zero-order valence-electron chi connectivity index (χ0n) is 22.8. The number of fused-ring (bicyclic) bond motifs is 6. The third-order valence-corrected chi connectivity index (χ3v) is 8.25. The molecule has 5 nitrogen and oxygen atoms in total. The van der Waals surface area contributed by atoms with Gasteiger partial charge in [-0.2, -0.15) is 0 Å². The first-order valence-corrected chi connectivity index (χ1v) is 13.8. The second-order valence-corrected chi connectivity index (χ2v) is 10.7. The highest BCUT2D eigenvalue weighted by atomic mass is 16.6. The molecule has 1 spiro atoms. The van der Waals surface area contributed by atoms with Crippen LogP contribution in [0.1, 0.15) is 54.7 Å². The van der Waals surface area contributed by atoms with E-state index in [4.69, 9.17) is 9.47 Å². The van der Waals surface area contributed by atoms with Crippen molar-refractivity contribution in [3.05, 3.63) is 119 Å². The standard InChI is InChI=1S/C34H34N2O3/c1-5-36(32(23(4)22(2)3)35-24-13-7-6-8-14-24)25-19-20-29-31(21-25)38-30-18-12-11-17-28(30)34(29)27-16-10-9-15-26(27)33(37)39-34/h6-23,32,35H,5H2,1-4H3. The molecule has 2 aliphatic heterocycles. The largest absolute Gasteiger partial charge is 0.456 e. The van der Waals surface area contributed by atoms with E-state index < -0.39 is 5.60 Å². The first-order valence-electron chi connectivity index (χ1n) is 13.8. The van der Waals surface area contributed by atoms with Crippen molar-refractivity contribution < 1.29 is 14.3 Å². The fourth-order valence-corrected chi connectivity index (χ4v) is 5.90. The van der Waals surface area contributed by atoms with Crippen LogP contribution >= 0.6 is 0 Å². The van der Waals surface area contributed by atoms with Crippen LogP contribution < -0.4 is 15.0 Å². The van der Waals surface area contributed by atoms with Crippen molar-refractivity contribution in [2.24, 2.45) is 11.8 Å². The summed E-state index contributed by atoms with van der Waals surface area (Å²) in [6.07, 6.45) is 0.0605. The average Bonchev–Trinajstić information content (AvgIpc) is 3.25. The second-order valence-electron chi connectivity index (χ2n) is 10.7. The number of esters is 1. The minimum absolute atomic E-state index is 0.0605. The molecule has 0 saturated heterocycles. The minimum Gasteiger partial charge on any atom is -0.456 e. The Morgan fingerprint density at radius 1 is 0.795 bits per heavy atom. The van der Waals surface area contributed by atoms with Crippen molar-refractivity contribution in [1.29, 1.82) is 0 Å². The van der Waals surface area contributed by atoms with Crippen LogP contribution in [0.5, 0.6) is 11.5 Å². The summed E-state index contributed by atoms with van der Waals surface area (Å²) in [6, 6.07) is 32.2. The highest BCUT2D eigenvalue weighted by Crippen LogP contribution is 2.56. The van der Waals surface area contributed by atoms with E-state index in [1.165, 1.54) is 0 Å². The Balaban J connectivity index is 1.47. The molecular weight excluding hydrogens is 484 g/mol. The number of carbonyl (C=O) groups excluding carboxylic acids is 1. The molecule has 0 fully saturated rings. The number of rotatable bonds is 7. The van der Waals surface area contributed by atoms with Crippen LogP contribution in [0.2, 0.25) is 0 Å². The van der Waals surface area contributed by atoms with Crippen LogP contribution in [0.15, 0.2) is 97.1 Å². The summed E-state index contributed by atoms with van der Waals surface area (Å²) in [4.78, 5) is 15.5. The number of nitrogens with zero attached hydrogens (tertiary/aromatic N) is 1. The van der Waals surface area contributed by atoms with Gasteiger partial charge >= 0.3 is 5.97 Å². The summed E-state index contributed by atoms with van der Waals surface area (Å²) in [5, 5.41) is 3.79. The first-order chi connectivity index (χ1) is 18.9. The number of ether oxygens (including phenoxy) is 2. The normalized spacial score (nSPS) is 18.4. The Morgan fingerprint density at radius 2 is 1.46 bits per heavy atom. The number of benzene rings is 4. The van der Waals surface area contributed by atoms with Gasteiger partial charge in [-0.1, -0.05) is 75.4 Å². The number of hydrogen-bond donors (Lipinski definition) is 1. The van der Waals surface area contributed by atoms with Crippen LogP contribution in [0.25, 0.3) is 0 Å². The molecule has 0 aliphatic carbocycles. The van der Waals surface area contributed by atoms with Gasteiger partial charge in [0.2, 0.25) is 0 Å². The molecule has 5 heteroatoms. The van der Waals surface area contributed by atoms with Crippen molar-refractivity contribution in [1.82, 2.24) is 0 Å². The van der Waals surface area contributed by atoms with Gasteiger partial charge in [0.25, 0.3) is 0 Å². The predicted molar refractivity (Wildman–Crippen MR) is 156 cm³/mol. The number of anilines is 2. The van der Waals surface area contributed by atoms with Crippen LogP contribution in [-0.2, 0) is 10.3 Å². The lowest BCUT2D eigenvalue weighted by Gasteiger charge is -2.41. The first kappa shape index (κ1) is 25.1. The van der Waals surface area contributed by atoms with Gasteiger partial charge in [0.1, 0.15) is 17.7 Å². The van der Waals surface area contributed by atoms with Crippen LogP contribution in [-0.4, -0.2) is 18.7 Å². The lowest BCUT2D eigenvalue weighted by molar-refractivity contribution is 0.0224. The number of para-hydroxylation sites is 2. The van der Waals surface area contributed by atoms with E-state index in [1.54, 1.807) is 0 Å². The van der Waals surface area contributed by atoms with Crippen molar-refractivity contribution in [2.75, 3.05) is 16.8 Å². The molecule has 0 aromatic heterocycles. The number of carbonyl (C=O) groups is 1. The molecule has 3 atom stereocenters. The van der Waals surface area contributed by atoms with Crippen LogP contribution in [0, 0.1) is 11.8 Å². The molecule has 2 heterocycles. The molecule has 4 aromatic carbocycles. The molecule has 2 aliphatic rings. The zero-order chi connectivity index (χ0) is 27.1. The van der Waals surface area contributed by atoms with E-state index >= 15 is 0 Å². The van der Waals surface area contributed by atoms with Crippen LogP contribution in [0.3, 0.4) is 0 Å². The smallest absolute Gasteiger partial charge is 0.340 e. The molecule has 0 radical (unpaired) electrons. The highest BCUT2D eigenvalue weighted by Gasteiger charge is 2.53. The maximum absolute atomic E-state index is 13.1. The van der Waals surface area contributed by atoms with Crippen molar-refractivity contribution in [3.8, 4) is 11.5 Å². The maximum Gasteiger partial charge on any atom is 0.340 e. The molecule has 0 amide bonds. The lowest BCUT2D eigenvalue weighted by atomic mass is 9.77. The minimum atomic E-state index is -1.04. The molecule has 0 saturated carbocycles. The number of hydrogen-bond acceptors (Lipinski definition) is 5. The topological polar surface area (TPSA) is 50.8 Å². The van der Waals surface area contributed by atoms with E-state index in [2.05, 4.69) is 80.4 Å². The van der Waals surface area contributed by atoms with E-state index in [0.717, 1.165) is 34.6 Å². The summed E-state index contributed by atoms with van der Waals surface area (Å²) in [5.41, 5.74) is 4.22. The summed E-state index contributed by atoms with van der Waals surface area (Å²) in [7, 11) is 0. The molecule has 1 N–H and O–H groups in total. The molecule has 4 aromatic rings. The molecule has 6 rings (SSSR count). The molecule has 3 unspecified atom stereocenters. The Bertz CT molecular complexity index is 1520. The predicted octanol–water partition coefficient (Wildman–Crippen LogP) is 7.81. The molecule has 198 valence electrons. The molecule has 39 heavy (non-hydrogen) atoms. The summed E-state index contributed by atoms with van der Waals surface area (Å²) < 4.78 is 12.8. The Hall–Kier alpha value is -4.25. The van der Waals surface area contributed by atoms with Gasteiger partial charge in [-0.15, -0.1) is 0 Å². The fraction of sp³-hybridized carbons (Fsp3) is 0.265. The van der Waals surface area contributed by atoms with E-state index in [1.807, 2.05) is 54.6 Å². The fourth-order valence-electron chi connectivity index (χ4n) is 5.90. The van der Waals surface area contributed by atoms with E-state index in [9.17, 15) is 4.79 Å². The lowest BCUT2D eigenvalue weighted by Crippen LogP contribution is -2.47. The van der Waals surface area contributed by atoms with Crippen molar-refractivity contribution >= 4 is 17.3 Å². The van der Waals surface area contributed by atoms with Crippen LogP contribution in [0.4, 0.5) is 11.4 Å². The zero-order valence-corrected chi connectivity index (χ0v) is 22.8. The van der Waals surface area contributed by atoms with Gasteiger partial charge in [-0.05, 0) is 55.2 Å². The van der Waals surface area contributed by atoms with Crippen molar-refractivity contribution in [2.45, 2.75) is 39.5 Å². The van der Waals surface area contributed by atoms with Gasteiger partial charge in [0, 0.05) is 40.7 Å². The van der Waals surface area contributed by atoms with Gasteiger partial charge < -0.3 is 19.7 Å². The molecular formula is C34H34N2O3. The summed E-state index contributed by atoms with van der Waals surface area (Å²) in [5.74, 6) is 1.91. The summed E-state index contributed by atoms with van der Waals surface area (Å²) in [6.45, 7) is 9.81. The summed E-state index contributed by atoms with van der Waals surface area (Å²) >= 11 is 0. The second kappa shape index (κ2) is 9.81.